The van der Waals surface area contributed by atoms with Crippen molar-refractivity contribution in [3.05, 3.63) is 0 Å². The van der Waals surface area contributed by atoms with E-state index in [1.165, 1.54) is 0 Å². The van der Waals surface area contributed by atoms with Crippen molar-refractivity contribution >= 4 is 5.78 Å². The Morgan fingerprint density at radius 1 is 1.19 bits per heavy atom. The molecule has 0 bridgehead atoms. The highest BCUT2D eigenvalue weighted by molar-refractivity contribution is 5.80. The molecule has 96 valence electrons. The van der Waals surface area contributed by atoms with E-state index in [9.17, 15) is 4.79 Å². The number of carbonyl (C=O) groups excluding carboxylic acids is 1. The zero-order valence-corrected chi connectivity index (χ0v) is 11.7. The van der Waals surface area contributed by atoms with Gasteiger partial charge in [-0.05, 0) is 31.6 Å². The van der Waals surface area contributed by atoms with Gasteiger partial charge in [0.1, 0.15) is 5.78 Å². The molecule has 0 fully saturated rings. The normalized spacial score (nSPS) is 15.9. The Hall–Kier alpha value is -0.370. The van der Waals surface area contributed by atoms with Crippen LogP contribution in [0.25, 0.3) is 0 Å². The average Bonchev–Trinajstić information content (AvgIpc) is 2.12. The van der Waals surface area contributed by atoms with Crippen LogP contribution in [0.2, 0.25) is 0 Å². The molecule has 0 radical (unpaired) electrons. The lowest BCUT2D eigenvalue weighted by atomic mass is 9.86. The second-order valence-corrected chi connectivity index (χ2v) is 6.34. The van der Waals surface area contributed by atoms with E-state index in [-0.39, 0.29) is 17.4 Å². The van der Waals surface area contributed by atoms with E-state index in [0.717, 1.165) is 32.1 Å². The average molecular weight is 227 g/mol. The van der Waals surface area contributed by atoms with Crippen LogP contribution in [-0.2, 0) is 4.79 Å². The van der Waals surface area contributed by atoms with Gasteiger partial charge in [-0.15, -0.1) is 0 Å². The van der Waals surface area contributed by atoms with E-state index in [0.29, 0.717) is 5.78 Å². The van der Waals surface area contributed by atoms with Crippen LogP contribution in [0.1, 0.15) is 66.7 Å². The van der Waals surface area contributed by atoms with Crippen LogP contribution in [0.3, 0.4) is 0 Å². The van der Waals surface area contributed by atoms with Crippen molar-refractivity contribution in [2.45, 2.75) is 72.8 Å². The number of rotatable bonds is 7. The molecule has 2 nitrogen and oxygen atoms in total. The molecule has 0 aromatic carbocycles. The van der Waals surface area contributed by atoms with Gasteiger partial charge in [0.2, 0.25) is 0 Å². The molecule has 0 spiro atoms. The Morgan fingerprint density at radius 2 is 1.75 bits per heavy atom. The molecule has 0 heterocycles. The number of hydrogen-bond donors (Lipinski definition) is 1. The van der Waals surface area contributed by atoms with Gasteiger partial charge in [-0.25, -0.2) is 0 Å². The van der Waals surface area contributed by atoms with Gasteiger partial charge in [-0.2, -0.15) is 0 Å². The zero-order chi connectivity index (χ0) is 12.8. The van der Waals surface area contributed by atoms with Gasteiger partial charge in [0, 0.05) is 18.4 Å². The van der Waals surface area contributed by atoms with E-state index >= 15 is 0 Å². The summed E-state index contributed by atoms with van der Waals surface area (Å²) in [4.78, 5) is 11.8. The highest BCUT2D eigenvalue weighted by Gasteiger charge is 2.17. The summed E-state index contributed by atoms with van der Waals surface area (Å²) in [5.41, 5.74) is 5.95. The number of ketones is 1. The fourth-order valence-electron chi connectivity index (χ4n) is 1.65. The van der Waals surface area contributed by atoms with Crippen molar-refractivity contribution in [3.63, 3.8) is 0 Å². The van der Waals surface area contributed by atoms with Gasteiger partial charge in [0.05, 0.1) is 0 Å². The molecular weight excluding hydrogens is 198 g/mol. The lowest BCUT2D eigenvalue weighted by Gasteiger charge is -2.18. The quantitative estimate of drug-likeness (QED) is 0.723. The van der Waals surface area contributed by atoms with E-state index < -0.39 is 0 Å². The largest absolute Gasteiger partial charge is 0.328 e. The van der Waals surface area contributed by atoms with E-state index in [1.807, 2.05) is 13.8 Å². The fourth-order valence-corrected chi connectivity index (χ4v) is 1.65. The number of nitrogens with two attached hydrogens (primary N) is 1. The van der Waals surface area contributed by atoms with Gasteiger partial charge < -0.3 is 5.73 Å². The van der Waals surface area contributed by atoms with E-state index in [1.54, 1.807) is 0 Å². The lowest BCUT2D eigenvalue weighted by molar-refractivity contribution is -0.123. The summed E-state index contributed by atoms with van der Waals surface area (Å²) >= 11 is 0. The maximum Gasteiger partial charge on any atom is 0.135 e. The second kappa shape index (κ2) is 7.05. The Bertz CT molecular complexity index is 203. The van der Waals surface area contributed by atoms with E-state index in [4.69, 9.17) is 5.73 Å². The first-order chi connectivity index (χ1) is 7.22. The maximum absolute atomic E-state index is 11.8. The van der Waals surface area contributed by atoms with Crippen LogP contribution in [0.4, 0.5) is 0 Å². The molecule has 0 saturated heterocycles. The smallest absolute Gasteiger partial charge is 0.135 e. The number of Topliss-reactive ketones (excluding diaryl/α,β-unsaturated/α-hetero) is 1. The second-order valence-electron chi connectivity index (χ2n) is 6.34. The monoisotopic (exact) mass is 227 g/mol. The predicted octanol–water partition coefficient (Wildman–Crippen LogP) is 3.54. The molecule has 0 aromatic heterocycles. The molecular formula is C14H29NO. The Morgan fingerprint density at radius 3 is 2.19 bits per heavy atom. The predicted molar refractivity (Wildman–Crippen MR) is 70.4 cm³/mol. The minimum absolute atomic E-state index is 0.209. The van der Waals surface area contributed by atoms with Crippen molar-refractivity contribution in [1.82, 2.24) is 0 Å². The first-order valence-electron chi connectivity index (χ1n) is 6.50. The SMILES string of the molecule is CC(N)CCCC(C)C(=O)CCC(C)(C)C. The minimum Gasteiger partial charge on any atom is -0.328 e. The lowest BCUT2D eigenvalue weighted by Crippen LogP contribution is -2.17. The maximum atomic E-state index is 11.8. The van der Waals surface area contributed by atoms with Crippen molar-refractivity contribution in [3.8, 4) is 0 Å². The van der Waals surface area contributed by atoms with Gasteiger partial charge in [0.15, 0.2) is 0 Å². The van der Waals surface area contributed by atoms with Gasteiger partial charge in [-0.1, -0.05) is 34.1 Å². The Labute approximate surface area is 101 Å². The van der Waals surface area contributed by atoms with Crippen LogP contribution >= 0.6 is 0 Å². The van der Waals surface area contributed by atoms with Gasteiger partial charge in [0.25, 0.3) is 0 Å². The summed E-state index contributed by atoms with van der Waals surface area (Å²) in [6.45, 7) is 10.6. The summed E-state index contributed by atoms with van der Waals surface area (Å²) in [5.74, 6) is 0.626. The summed E-state index contributed by atoms with van der Waals surface area (Å²) in [6.07, 6.45) is 4.80. The Balaban J connectivity index is 3.74. The summed E-state index contributed by atoms with van der Waals surface area (Å²) in [5, 5.41) is 0. The number of carbonyl (C=O) groups is 1. The molecule has 0 aliphatic rings. The summed E-state index contributed by atoms with van der Waals surface area (Å²) in [7, 11) is 0. The highest BCUT2D eigenvalue weighted by Crippen LogP contribution is 2.23. The molecule has 16 heavy (non-hydrogen) atoms. The minimum atomic E-state index is 0.209. The molecule has 0 amide bonds. The van der Waals surface area contributed by atoms with Gasteiger partial charge in [-0.3, -0.25) is 4.79 Å². The highest BCUT2D eigenvalue weighted by atomic mass is 16.1. The van der Waals surface area contributed by atoms with Crippen LogP contribution in [-0.4, -0.2) is 11.8 Å². The summed E-state index contributed by atoms with van der Waals surface area (Å²) in [6, 6.07) is 0.261. The molecule has 2 unspecified atom stereocenters. The van der Waals surface area contributed by atoms with Crippen molar-refractivity contribution < 1.29 is 4.79 Å². The number of hydrogen-bond acceptors (Lipinski definition) is 2. The standard InChI is InChI=1S/C14H29NO/c1-11(7-6-8-12(2)15)13(16)9-10-14(3,4)5/h11-12H,6-10,15H2,1-5H3. The molecule has 0 aromatic rings. The fraction of sp³-hybridized carbons (Fsp3) is 0.929. The first kappa shape index (κ1) is 15.6. The van der Waals surface area contributed by atoms with Crippen molar-refractivity contribution in [1.29, 1.82) is 0 Å². The first-order valence-corrected chi connectivity index (χ1v) is 6.50. The topological polar surface area (TPSA) is 43.1 Å². The molecule has 0 rings (SSSR count). The molecule has 0 saturated carbocycles. The van der Waals surface area contributed by atoms with Crippen molar-refractivity contribution in [2.75, 3.05) is 0 Å². The van der Waals surface area contributed by atoms with Crippen molar-refractivity contribution in [2.24, 2.45) is 17.1 Å². The van der Waals surface area contributed by atoms with Crippen LogP contribution < -0.4 is 5.73 Å². The third kappa shape index (κ3) is 8.90. The molecule has 2 atom stereocenters. The van der Waals surface area contributed by atoms with Crippen LogP contribution in [0, 0.1) is 11.3 Å². The molecule has 0 aliphatic heterocycles. The Kier molecular flexibility index (Phi) is 6.89. The summed E-state index contributed by atoms with van der Waals surface area (Å²) < 4.78 is 0. The third-order valence-corrected chi connectivity index (χ3v) is 2.97. The van der Waals surface area contributed by atoms with Crippen LogP contribution in [0.15, 0.2) is 0 Å². The molecule has 2 N–H and O–H groups in total. The third-order valence-electron chi connectivity index (χ3n) is 2.97. The zero-order valence-electron chi connectivity index (χ0n) is 11.7. The molecule has 2 heteroatoms. The molecule has 0 aliphatic carbocycles. The van der Waals surface area contributed by atoms with E-state index in [2.05, 4.69) is 20.8 Å². The van der Waals surface area contributed by atoms with Crippen LogP contribution in [0.5, 0.6) is 0 Å². The van der Waals surface area contributed by atoms with Gasteiger partial charge >= 0.3 is 0 Å².